The van der Waals surface area contributed by atoms with E-state index in [1.165, 1.54) is 13.6 Å². The van der Waals surface area contributed by atoms with Crippen molar-refractivity contribution in [3.8, 4) is 0 Å². The Labute approximate surface area is 79.0 Å². The van der Waals surface area contributed by atoms with Gasteiger partial charge in [-0.2, -0.15) is 8.42 Å². The van der Waals surface area contributed by atoms with Crippen LogP contribution in [0.15, 0.2) is 0 Å². The van der Waals surface area contributed by atoms with Crippen molar-refractivity contribution >= 4 is 17.5 Å². The molecule has 2 atom stereocenters. The van der Waals surface area contributed by atoms with E-state index in [1.54, 1.807) is 6.92 Å². The largest absolute Gasteiger partial charge is 0.327 e. The summed E-state index contributed by atoms with van der Waals surface area (Å²) in [5.74, 6) is -0.928. The van der Waals surface area contributed by atoms with Crippen LogP contribution in [0.5, 0.6) is 0 Å². The van der Waals surface area contributed by atoms with Gasteiger partial charge in [-0.25, -0.2) is 0 Å². The molecule has 0 saturated carbocycles. The fraction of sp³-hybridized carbons (Fsp3) is 1.00. The lowest BCUT2D eigenvalue weighted by Crippen LogP contribution is -2.15. The molecule has 0 rings (SSSR count). The molecule has 0 heterocycles. The fourth-order valence-electron chi connectivity index (χ4n) is 0.692. The maximum absolute atomic E-state index is 11.6. The van der Waals surface area contributed by atoms with Gasteiger partial charge in [-0.1, -0.05) is 0 Å². The molecular formula is C6H15O5PS. The quantitative estimate of drug-likeness (QED) is 0.525. The van der Waals surface area contributed by atoms with E-state index in [0.29, 0.717) is 0 Å². The summed E-state index contributed by atoms with van der Waals surface area (Å²) in [5.41, 5.74) is 0. The molecule has 0 spiro atoms. The van der Waals surface area contributed by atoms with Gasteiger partial charge < -0.3 is 4.52 Å². The maximum atomic E-state index is 11.6. The van der Waals surface area contributed by atoms with Crippen molar-refractivity contribution in [3.05, 3.63) is 0 Å². The minimum Gasteiger partial charge on any atom is -0.327 e. The third-order valence-corrected chi connectivity index (χ3v) is 4.34. The van der Waals surface area contributed by atoms with Crippen LogP contribution in [-0.2, 0) is 23.4 Å². The molecule has 5 nitrogen and oxygen atoms in total. The molecule has 0 aromatic carbocycles. The third kappa shape index (κ3) is 5.41. The summed E-state index contributed by atoms with van der Waals surface area (Å²) >= 11 is 0. The minimum atomic E-state index is -3.58. The van der Waals surface area contributed by atoms with Gasteiger partial charge >= 0.3 is 0 Å². The highest BCUT2D eigenvalue weighted by molar-refractivity contribution is 7.86. The van der Waals surface area contributed by atoms with Gasteiger partial charge in [0.2, 0.25) is 7.37 Å². The van der Waals surface area contributed by atoms with Crippen molar-refractivity contribution in [1.82, 2.24) is 0 Å². The average Bonchev–Trinajstić information content (AvgIpc) is 1.82. The predicted octanol–water partition coefficient (Wildman–Crippen LogP) is 1.25. The van der Waals surface area contributed by atoms with Crippen LogP contribution >= 0.6 is 7.37 Å². The summed E-state index contributed by atoms with van der Waals surface area (Å²) in [6.45, 7) is 4.72. The van der Waals surface area contributed by atoms with Crippen LogP contribution in [-0.4, -0.2) is 33.8 Å². The molecule has 7 heteroatoms. The van der Waals surface area contributed by atoms with Crippen LogP contribution in [0.2, 0.25) is 0 Å². The van der Waals surface area contributed by atoms with Crippen LogP contribution in [0.1, 0.15) is 13.8 Å². The van der Waals surface area contributed by atoms with Gasteiger partial charge in [0.15, 0.2) is 0 Å². The van der Waals surface area contributed by atoms with E-state index in [0.717, 1.165) is 6.26 Å². The van der Waals surface area contributed by atoms with Crippen molar-refractivity contribution in [2.75, 3.05) is 19.5 Å². The average molecular weight is 230 g/mol. The zero-order chi connectivity index (χ0) is 10.7. The molecule has 0 aliphatic carbocycles. The lowest BCUT2D eigenvalue weighted by atomic mass is 10.9. The maximum Gasteiger partial charge on any atom is 0.265 e. The highest BCUT2D eigenvalue weighted by Gasteiger charge is 2.28. The zero-order valence-corrected chi connectivity index (χ0v) is 9.89. The van der Waals surface area contributed by atoms with E-state index >= 15 is 0 Å². The molecule has 0 N–H and O–H groups in total. The molecule has 0 aromatic rings. The lowest BCUT2D eigenvalue weighted by molar-refractivity contribution is 0.251. The zero-order valence-electron chi connectivity index (χ0n) is 8.18. The van der Waals surface area contributed by atoms with Gasteiger partial charge in [-0.3, -0.25) is 8.75 Å². The van der Waals surface area contributed by atoms with Crippen molar-refractivity contribution in [3.63, 3.8) is 0 Å². The summed E-state index contributed by atoms with van der Waals surface area (Å²) in [4.78, 5) is 0. The Morgan fingerprint density at radius 1 is 1.46 bits per heavy atom. The standard InChI is InChI=1S/C6H15O5PS/c1-5-10-12(3,7)6(2)11-13(4,8)9/h6H,5H2,1-4H3. The second-order valence-corrected chi connectivity index (χ2v) is 7.13. The molecule has 0 radical (unpaired) electrons. The van der Waals surface area contributed by atoms with Crippen LogP contribution in [0.25, 0.3) is 0 Å². The van der Waals surface area contributed by atoms with Crippen LogP contribution in [0.3, 0.4) is 0 Å². The first-order valence-corrected chi connectivity index (χ1v) is 7.75. The summed E-state index contributed by atoms with van der Waals surface area (Å²) < 4.78 is 42.4. The molecule has 13 heavy (non-hydrogen) atoms. The Bertz CT molecular complexity index is 296. The van der Waals surface area contributed by atoms with E-state index in [4.69, 9.17) is 4.52 Å². The Morgan fingerprint density at radius 3 is 2.23 bits per heavy atom. The normalized spacial score (nSPS) is 19.4. The van der Waals surface area contributed by atoms with Crippen molar-refractivity contribution in [2.24, 2.45) is 0 Å². The fourth-order valence-corrected chi connectivity index (χ4v) is 3.02. The Kier molecular flexibility index (Phi) is 4.59. The molecule has 0 saturated heterocycles. The molecule has 0 aliphatic heterocycles. The summed E-state index contributed by atoms with van der Waals surface area (Å²) in [7, 11) is -6.56. The van der Waals surface area contributed by atoms with Gasteiger partial charge in [0, 0.05) is 6.66 Å². The van der Waals surface area contributed by atoms with E-state index in [1.807, 2.05) is 0 Å². The Morgan fingerprint density at radius 2 is 1.92 bits per heavy atom. The number of hydrogen-bond acceptors (Lipinski definition) is 5. The first kappa shape index (κ1) is 13.1. The summed E-state index contributed by atoms with van der Waals surface area (Å²) in [6.07, 6.45) is 0.912. The minimum absolute atomic E-state index is 0.269. The van der Waals surface area contributed by atoms with Gasteiger partial charge in [0.05, 0.1) is 12.9 Å². The number of rotatable bonds is 5. The van der Waals surface area contributed by atoms with Crippen LogP contribution in [0.4, 0.5) is 0 Å². The molecule has 0 bridgehead atoms. The van der Waals surface area contributed by atoms with Crippen LogP contribution < -0.4 is 0 Å². The molecule has 0 amide bonds. The van der Waals surface area contributed by atoms with Crippen molar-refractivity contribution in [2.45, 2.75) is 19.7 Å². The summed E-state index contributed by atoms with van der Waals surface area (Å²) in [6, 6.07) is 0. The smallest absolute Gasteiger partial charge is 0.265 e. The SMILES string of the molecule is CCOP(C)(=O)C(C)OS(C)(=O)=O. The van der Waals surface area contributed by atoms with Gasteiger partial charge in [-0.05, 0) is 13.8 Å². The van der Waals surface area contributed by atoms with E-state index < -0.39 is 23.3 Å². The second kappa shape index (κ2) is 4.55. The summed E-state index contributed by atoms with van der Waals surface area (Å²) in [5, 5.41) is 0. The van der Waals surface area contributed by atoms with Crippen LogP contribution in [0, 0.1) is 0 Å². The molecule has 0 fully saturated rings. The van der Waals surface area contributed by atoms with Gasteiger partial charge in [0.1, 0.15) is 5.85 Å². The second-order valence-electron chi connectivity index (χ2n) is 2.73. The number of hydrogen-bond donors (Lipinski definition) is 0. The first-order chi connectivity index (χ1) is 5.69. The van der Waals surface area contributed by atoms with E-state index in [-0.39, 0.29) is 6.61 Å². The first-order valence-electron chi connectivity index (χ1n) is 3.79. The third-order valence-electron chi connectivity index (χ3n) is 1.36. The lowest BCUT2D eigenvalue weighted by Gasteiger charge is -2.18. The van der Waals surface area contributed by atoms with Crippen molar-refractivity contribution in [1.29, 1.82) is 0 Å². The highest BCUT2D eigenvalue weighted by Crippen LogP contribution is 2.48. The van der Waals surface area contributed by atoms with Crippen molar-refractivity contribution < 1.29 is 21.7 Å². The Balaban J connectivity index is 4.43. The highest BCUT2D eigenvalue weighted by atomic mass is 32.2. The Hall–Kier alpha value is 0.100. The molecule has 80 valence electrons. The molecule has 0 aliphatic rings. The molecule has 0 aromatic heterocycles. The van der Waals surface area contributed by atoms with Gasteiger partial charge in [-0.15, -0.1) is 0 Å². The topological polar surface area (TPSA) is 69.7 Å². The molecular weight excluding hydrogens is 215 g/mol. The monoisotopic (exact) mass is 230 g/mol. The van der Waals surface area contributed by atoms with E-state index in [2.05, 4.69) is 4.18 Å². The van der Waals surface area contributed by atoms with Gasteiger partial charge in [0.25, 0.3) is 10.1 Å². The predicted molar refractivity (Wildman–Crippen MR) is 50.5 cm³/mol. The molecule has 2 unspecified atom stereocenters. The van der Waals surface area contributed by atoms with E-state index in [9.17, 15) is 13.0 Å².